The third kappa shape index (κ3) is 3.28. The van der Waals surface area contributed by atoms with E-state index < -0.39 is 0 Å². The first-order chi connectivity index (χ1) is 7.88. The second-order valence-electron chi connectivity index (χ2n) is 4.09. The minimum atomic E-state index is 0.719. The van der Waals surface area contributed by atoms with Crippen LogP contribution < -0.4 is 11.3 Å². The summed E-state index contributed by atoms with van der Waals surface area (Å²) in [5.41, 5.74) is 5.25. The first-order valence-electron chi connectivity index (χ1n) is 5.70. The molecule has 1 aliphatic heterocycles. The molecule has 3 N–H and O–H groups in total. The zero-order chi connectivity index (χ0) is 11.2. The molecule has 2 rings (SSSR count). The number of nitrogens with zero attached hydrogens (tertiary/aromatic N) is 1. The third-order valence-electron chi connectivity index (χ3n) is 2.81. The Hall–Kier alpha value is -0.940. The molecule has 1 aromatic carbocycles. The second-order valence-corrected chi connectivity index (χ2v) is 4.09. The van der Waals surface area contributed by atoms with Gasteiger partial charge in [0.1, 0.15) is 0 Å². The highest BCUT2D eigenvalue weighted by Gasteiger charge is 2.10. The van der Waals surface area contributed by atoms with E-state index >= 15 is 0 Å². The van der Waals surface area contributed by atoms with Gasteiger partial charge in [-0.05, 0) is 11.1 Å². The lowest BCUT2D eigenvalue weighted by Crippen LogP contribution is -2.35. The fraction of sp³-hybridized carbons (Fsp3) is 0.500. The molecular weight excluding hydrogens is 202 g/mol. The molecule has 1 fully saturated rings. The maximum atomic E-state index is 5.33. The first-order valence-corrected chi connectivity index (χ1v) is 5.70. The molecule has 1 aromatic rings. The zero-order valence-corrected chi connectivity index (χ0v) is 9.48. The molecule has 0 bridgehead atoms. The van der Waals surface area contributed by atoms with Gasteiger partial charge in [0.05, 0.1) is 13.2 Å². The number of morpholine rings is 1. The summed E-state index contributed by atoms with van der Waals surface area (Å²) in [4.78, 5) is 2.42. The van der Waals surface area contributed by atoms with Crippen LogP contribution in [0.25, 0.3) is 0 Å². The van der Waals surface area contributed by atoms with E-state index in [4.69, 9.17) is 10.6 Å². The number of nitrogens with one attached hydrogen (secondary N) is 1. The lowest BCUT2D eigenvalue weighted by atomic mass is 10.1. The van der Waals surface area contributed by atoms with Gasteiger partial charge in [0, 0.05) is 26.2 Å². The summed E-state index contributed by atoms with van der Waals surface area (Å²) in [6, 6.07) is 8.54. The lowest BCUT2D eigenvalue weighted by Gasteiger charge is -2.26. The van der Waals surface area contributed by atoms with E-state index in [1.54, 1.807) is 0 Å². The van der Waals surface area contributed by atoms with E-state index in [0.29, 0.717) is 0 Å². The third-order valence-corrected chi connectivity index (χ3v) is 2.81. The number of rotatable bonds is 4. The summed E-state index contributed by atoms with van der Waals surface area (Å²) < 4.78 is 5.33. The fourth-order valence-corrected chi connectivity index (χ4v) is 1.97. The molecule has 88 valence electrons. The van der Waals surface area contributed by atoms with E-state index in [0.717, 1.165) is 39.4 Å². The van der Waals surface area contributed by atoms with Gasteiger partial charge in [-0.25, -0.2) is 0 Å². The van der Waals surface area contributed by atoms with Crippen LogP contribution in [-0.4, -0.2) is 31.2 Å². The monoisotopic (exact) mass is 221 g/mol. The fourth-order valence-electron chi connectivity index (χ4n) is 1.97. The lowest BCUT2D eigenvalue weighted by molar-refractivity contribution is 0.0342. The van der Waals surface area contributed by atoms with Crippen LogP contribution in [0.3, 0.4) is 0 Å². The van der Waals surface area contributed by atoms with Crippen LogP contribution in [0, 0.1) is 0 Å². The Morgan fingerprint density at radius 1 is 1.25 bits per heavy atom. The van der Waals surface area contributed by atoms with Crippen LogP contribution in [0.5, 0.6) is 0 Å². The predicted molar refractivity (Wildman–Crippen MR) is 63.6 cm³/mol. The summed E-state index contributed by atoms with van der Waals surface area (Å²) in [5, 5.41) is 0. The first kappa shape index (κ1) is 11.5. The Bertz CT molecular complexity index is 324. The van der Waals surface area contributed by atoms with Gasteiger partial charge in [-0.3, -0.25) is 16.2 Å². The SMILES string of the molecule is NNCc1cccc(CN2CCOCC2)c1. The highest BCUT2D eigenvalue weighted by atomic mass is 16.5. The molecule has 1 saturated heterocycles. The Kier molecular flexibility index (Phi) is 4.30. The topological polar surface area (TPSA) is 50.5 Å². The molecule has 16 heavy (non-hydrogen) atoms. The van der Waals surface area contributed by atoms with Crippen molar-refractivity contribution in [2.24, 2.45) is 5.84 Å². The molecular formula is C12H19N3O. The van der Waals surface area contributed by atoms with E-state index in [2.05, 4.69) is 34.6 Å². The van der Waals surface area contributed by atoms with Crippen molar-refractivity contribution in [1.82, 2.24) is 10.3 Å². The van der Waals surface area contributed by atoms with Crippen LogP contribution in [0.15, 0.2) is 24.3 Å². The Morgan fingerprint density at radius 3 is 2.75 bits per heavy atom. The molecule has 0 spiro atoms. The van der Waals surface area contributed by atoms with Gasteiger partial charge in [-0.1, -0.05) is 24.3 Å². The van der Waals surface area contributed by atoms with Crippen LogP contribution in [0.4, 0.5) is 0 Å². The maximum Gasteiger partial charge on any atom is 0.0594 e. The van der Waals surface area contributed by atoms with Gasteiger partial charge in [0.2, 0.25) is 0 Å². The van der Waals surface area contributed by atoms with Crippen molar-refractivity contribution in [2.45, 2.75) is 13.1 Å². The molecule has 4 nitrogen and oxygen atoms in total. The van der Waals surface area contributed by atoms with Crippen molar-refractivity contribution < 1.29 is 4.74 Å². The molecule has 0 atom stereocenters. The molecule has 0 amide bonds. The number of hydrogen-bond acceptors (Lipinski definition) is 4. The Morgan fingerprint density at radius 2 is 2.00 bits per heavy atom. The quantitative estimate of drug-likeness (QED) is 0.573. The minimum absolute atomic E-state index is 0.719. The molecule has 0 radical (unpaired) electrons. The number of ether oxygens (including phenoxy) is 1. The summed E-state index contributed by atoms with van der Waals surface area (Å²) in [6.45, 7) is 5.48. The molecule has 0 aliphatic carbocycles. The Labute approximate surface area is 96.3 Å². The van der Waals surface area contributed by atoms with E-state index in [-0.39, 0.29) is 0 Å². The van der Waals surface area contributed by atoms with Crippen LogP contribution >= 0.6 is 0 Å². The van der Waals surface area contributed by atoms with Gasteiger partial charge >= 0.3 is 0 Å². The minimum Gasteiger partial charge on any atom is -0.379 e. The van der Waals surface area contributed by atoms with E-state index in [9.17, 15) is 0 Å². The van der Waals surface area contributed by atoms with E-state index in [1.165, 1.54) is 11.1 Å². The van der Waals surface area contributed by atoms with Gasteiger partial charge in [0.25, 0.3) is 0 Å². The average molecular weight is 221 g/mol. The smallest absolute Gasteiger partial charge is 0.0594 e. The van der Waals surface area contributed by atoms with Gasteiger partial charge in [-0.15, -0.1) is 0 Å². The standard InChI is InChI=1S/C12H19N3O/c13-14-9-11-2-1-3-12(8-11)10-15-4-6-16-7-5-15/h1-3,8,14H,4-7,9-10,13H2. The van der Waals surface area contributed by atoms with Crippen molar-refractivity contribution in [3.8, 4) is 0 Å². The zero-order valence-electron chi connectivity index (χ0n) is 9.48. The Balaban J connectivity index is 1.94. The highest BCUT2D eigenvalue weighted by Crippen LogP contribution is 2.09. The number of benzene rings is 1. The number of hydrazine groups is 1. The van der Waals surface area contributed by atoms with Crippen LogP contribution in [-0.2, 0) is 17.8 Å². The molecule has 0 saturated carbocycles. The normalized spacial score (nSPS) is 17.6. The predicted octanol–water partition coefficient (Wildman–Crippen LogP) is 0.482. The van der Waals surface area contributed by atoms with Crippen molar-refractivity contribution in [1.29, 1.82) is 0 Å². The summed E-state index contributed by atoms with van der Waals surface area (Å²) >= 11 is 0. The van der Waals surface area contributed by atoms with Crippen LogP contribution in [0.1, 0.15) is 11.1 Å². The van der Waals surface area contributed by atoms with Crippen molar-refractivity contribution in [2.75, 3.05) is 26.3 Å². The van der Waals surface area contributed by atoms with E-state index in [1.807, 2.05) is 0 Å². The second kappa shape index (κ2) is 5.96. The molecule has 0 aromatic heterocycles. The van der Waals surface area contributed by atoms with Gasteiger partial charge in [-0.2, -0.15) is 0 Å². The largest absolute Gasteiger partial charge is 0.379 e. The number of nitrogens with two attached hydrogens (primary N) is 1. The molecule has 1 heterocycles. The summed E-state index contributed by atoms with van der Waals surface area (Å²) in [7, 11) is 0. The van der Waals surface area contributed by atoms with Crippen molar-refractivity contribution in [3.05, 3.63) is 35.4 Å². The maximum absolute atomic E-state index is 5.33. The van der Waals surface area contributed by atoms with Gasteiger partial charge < -0.3 is 4.74 Å². The molecule has 1 aliphatic rings. The average Bonchev–Trinajstić information content (AvgIpc) is 2.31. The van der Waals surface area contributed by atoms with Gasteiger partial charge in [0.15, 0.2) is 0 Å². The number of hydrogen-bond donors (Lipinski definition) is 2. The molecule has 0 unspecified atom stereocenters. The van der Waals surface area contributed by atoms with Crippen molar-refractivity contribution >= 4 is 0 Å². The summed E-state index contributed by atoms with van der Waals surface area (Å²) in [6.07, 6.45) is 0. The highest BCUT2D eigenvalue weighted by molar-refractivity contribution is 5.23. The summed E-state index contributed by atoms with van der Waals surface area (Å²) in [5.74, 6) is 5.32. The van der Waals surface area contributed by atoms with Crippen molar-refractivity contribution in [3.63, 3.8) is 0 Å². The van der Waals surface area contributed by atoms with Crippen LogP contribution in [0.2, 0.25) is 0 Å². The molecule has 4 heteroatoms.